The molecule has 1 aromatic rings. The third-order valence-corrected chi connectivity index (χ3v) is 4.79. The second-order valence-corrected chi connectivity index (χ2v) is 6.47. The van der Waals surface area contributed by atoms with Crippen molar-refractivity contribution in [2.45, 2.75) is 25.7 Å². The molecule has 1 aliphatic carbocycles. The van der Waals surface area contributed by atoms with Gasteiger partial charge in [-0.1, -0.05) is 12.1 Å². The second-order valence-electron chi connectivity index (χ2n) is 6.47. The Kier molecular flexibility index (Phi) is 3.42. The summed E-state index contributed by atoms with van der Waals surface area (Å²) >= 11 is 0. The molecule has 1 saturated carbocycles. The first-order chi connectivity index (χ1) is 10.3. The summed E-state index contributed by atoms with van der Waals surface area (Å²) in [6, 6.07) is 3.99. The Hall–Kier alpha value is -1.98. The minimum atomic E-state index is -0.913. The number of benzene rings is 1. The molecule has 1 aliphatic heterocycles. The van der Waals surface area contributed by atoms with Crippen LogP contribution in [0.2, 0.25) is 0 Å². The number of halogens is 2. The number of hydrogen-bond donors (Lipinski definition) is 1. The van der Waals surface area contributed by atoms with Crippen molar-refractivity contribution >= 4 is 11.9 Å². The molecule has 1 saturated heterocycles. The van der Waals surface area contributed by atoms with Gasteiger partial charge in [0.2, 0.25) is 5.91 Å². The van der Waals surface area contributed by atoms with Crippen molar-refractivity contribution in [2.24, 2.45) is 11.3 Å². The predicted molar refractivity (Wildman–Crippen MR) is 74.1 cm³/mol. The number of carboxylic acid groups (broad SMARTS) is 1. The van der Waals surface area contributed by atoms with Gasteiger partial charge in [0.25, 0.3) is 0 Å². The standard InChI is InChI=1S/C16H17F2NO3/c1-16(15(21)22)5-6-19(8-16)14(20)11-7-10(11)9-3-2-4-12(17)13(9)18/h2-4,10-11H,5-8H2,1H3,(H,21,22). The largest absolute Gasteiger partial charge is 0.481 e. The van der Waals surface area contributed by atoms with Crippen LogP contribution in [0.1, 0.15) is 31.2 Å². The highest BCUT2D eigenvalue weighted by Crippen LogP contribution is 2.50. The minimum absolute atomic E-state index is 0.154. The molecule has 22 heavy (non-hydrogen) atoms. The summed E-state index contributed by atoms with van der Waals surface area (Å²) in [6.07, 6.45) is 0.902. The predicted octanol–water partition coefficient (Wildman–Crippen LogP) is 2.39. The Morgan fingerprint density at radius 1 is 1.36 bits per heavy atom. The highest BCUT2D eigenvalue weighted by Gasteiger charge is 2.50. The van der Waals surface area contributed by atoms with E-state index < -0.39 is 23.0 Å². The Morgan fingerprint density at radius 2 is 2.09 bits per heavy atom. The summed E-state index contributed by atoms with van der Waals surface area (Å²) in [5.74, 6) is -3.54. The van der Waals surface area contributed by atoms with Gasteiger partial charge in [-0.2, -0.15) is 0 Å². The van der Waals surface area contributed by atoms with Crippen molar-refractivity contribution in [1.82, 2.24) is 4.90 Å². The summed E-state index contributed by atoms with van der Waals surface area (Å²) in [5.41, 5.74) is -0.678. The molecular weight excluding hydrogens is 292 g/mol. The third kappa shape index (κ3) is 2.36. The number of amides is 1. The first kappa shape index (κ1) is 14.9. The molecular formula is C16H17F2NO3. The lowest BCUT2D eigenvalue weighted by molar-refractivity contribution is -0.147. The van der Waals surface area contributed by atoms with Crippen LogP contribution in [0, 0.1) is 23.0 Å². The van der Waals surface area contributed by atoms with Crippen molar-refractivity contribution in [3.8, 4) is 0 Å². The van der Waals surface area contributed by atoms with Crippen molar-refractivity contribution < 1.29 is 23.5 Å². The second kappa shape index (κ2) is 5.04. The van der Waals surface area contributed by atoms with E-state index in [-0.39, 0.29) is 29.9 Å². The Balaban J connectivity index is 1.69. The summed E-state index contributed by atoms with van der Waals surface area (Å²) in [7, 11) is 0. The molecule has 1 aromatic carbocycles. The number of hydrogen-bond acceptors (Lipinski definition) is 2. The van der Waals surface area contributed by atoms with Gasteiger partial charge in [-0.3, -0.25) is 9.59 Å². The monoisotopic (exact) mass is 309 g/mol. The maximum absolute atomic E-state index is 13.8. The number of likely N-dealkylation sites (tertiary alicyclic amines) is 1. The lowest BCUT2D eigenvalue weighted by Crippen LogP contribution is -2.35. The number of rotatable bonds is 3. The Morgan fingerprint density at radius 3 is 2.73 bits per heavy atom. The van der Waals surface area contributed by atoms with Crippen LogP contribution < -0.4 is 0 Å². The summed E-state index contributed by atoms with van der Waals surface area (Å²) in [6.45, 7) is 2.20. The van der Waals surface area contributed by atoms with E-state index in [2.05, 4.69) is 0 Å². The topological polar surface area (TPSA) is 57.6 Å². The van der Waals surface area contributed by atoms with Gasteiger partial charge >= 0.3 is 5.97 Å². The summed E-state index contributed by atoms with van der Waals surface area (Å²) in [4.78, 5) is 25.2. The third-order valence-electron chi connectivity index (χ3n) is 4.79. The number of carbonyl (C=O) groups is 2. The maximum atomic E-state index is 13.8. The zero-order valence-corrected chi connectivity index (χ0v) is 12.2. The van der Waals surface area contributed by atoms with E-state index in [1.54, 1.807) is 6.92 Å². The number of nitrogens with zero attached hydrogens (tertiary/aromatic N) is 1. The maximum Gasteiger partial charge on any atom is 0.311 e. The highest BCUT2D eigenvalue weighted by molar-refractivity contribution is 5.85. The smallest absolute Gasteiger partial charge is 0.311 e. The zero-order chi connectivity index (χ0) is 16.1. The quantitative estimate of drug-likeness (QED) is 0.932. The zero-order valence-electron chi connectivity index (χ0n) is 12.2. The molecule has 0 spiro atoms. The number of carboxylic acids is 1. The van der Waals surface area contributed by atoms with E-state index >= 15 is 0 Å². The van der Waals surface area contributed by atoms with Crippen LogP contribution >= 0.6 is 0 Å². The molecule has 0 aromatic heterocycles. The molecule has 118 valence electrons. The molecule has 2 fully saturated rings. The molecule has 3 atom stereocenters. The van der Waals surface area contributed by atoms with E-state index in [1.165, 1.54) is 17.0 Å². The molecule has 3 unspecified atom stereocenters. The van der Waals surface area contributed by atoms with E-state index in [9.17, 15) is 23.5 Å². The molecule has 6 heteroatoms. The number of aliphatic carboxylic acids is 1. The number of carbonyl (C=O) groups excluding carboxylic acids is 1. The highest BCUT2D eigenvalue weighted by atomic mass is 19.2. The van der Waals surface area contributed by atoms with E-state index in [4.69, 9.17) is 0 Å². The lowest BCUT2D eigenvalue weighted by Gasteiger charge is -2.20. The van der Waals surface area contributed by atoms with Crippen molar-refractivity contribution in [3.63, 3.8) is 0 Å². The van der Waals surface area contributed by atoms with Crippen molar-refractivity contribution in [2.75, 3.05) is 13.1 Å². The fraction of sp³-hybridized carbons (Fsp3) is 0.500. The van der Waals surface area contributed by atoms with Crippen LogP contribution in [-0.2, 0) is 9.59 Å². The molecule has 1 amide bonds. The van der Waals surface area contributed by atoms with Gasteiger partial charge in [0, 0.05) is 19.0 Å². The molecule has 3 rings (SSSR count). The average molecular weight is 309 g/mol. The minimum Gasteiger partial charge on any atom is -0.481 e. The van der Waals surface area contributed by atoms with Crippen molar-refractivity contribution in [1.29, 1.82) is 0 Å². The van der Waals surface area contributed by atoms with Crippen LogP contribution in [0.15, 0.2) is 18.2 Å². The van der Waals surface area contributed by atoms with Gasteiger partial charge < -0.3 is 10.0 Å². The van der Waals surface area contributed by atoms with Crippen LogP contribution in [0.3, 0.4) is 0 Å². The summed E-state index contributed by atoms with van der Waals surface area (Å²) < 4.78 is 27.0. The van der Waals surface area contributed by atoms with Gasteiger partial charge in [-0.25, -0.2) is 8.78 Å². The fourth-order valence-electron chi connectivity index (χ4n) is 3.18. The van der Waals surface area contributed by atoms with Crippen LogP contribution in [0.25, 0.3) is 0 Å². The summed E-state index contributed by atoms with van der Waals surface area (Å²) in [5, 5.41) is 9.19. The first-order valence-electron chi connectivity index (χ1n) is 7.29. The van der Waals surface area contributed by atoms with Crippen LogP contribution in [-0.4, -0.2) is 35.0 Å². The van der Waals surface area contributed by atoms with Gasteiger partial charge in [0.15, 0.2) is 11.6 Å². The van der Waals surface area contributed by atoms with Crippen molar-refractivity contribution in [3.05, 3.63) is 35.4 Å². The molecule has 0 radical (unpaired) electrons. The normalized spacial score (nSPS) is 30.4. The molecule has 1 heterocycles. The van der Waals surface area contributed by atoms with Gasteiger partial charge in [-0.05, 0) is 37.3 Å². The van der Waals surface area contributed by atoms with Gasteiger partial charge in [0.1, 0.15) is 0 Å². The first-order valence-corrected chi connectivity index (χ1v) is 7.29. The Labute approximate surface area is 126 Å². The Bertz CT molecular complexity index is 648. The van der Waals surface area contributed by atoms with Gasteiger partial charge in [-0.15, -0.1) is 0 Å². The SMILES string of the molecule is CC1(C(=O)O)CCN(C(=O)C2CC2c2cccc(F)c2F)C1. The molecule has 2 aliphatic rings. The fourth-order valence-corrected chi connectivity index (χ4v) is 3.18. The van der Waals surface area contributed by atoms with E-state index in [0.29, 0.717) is 19.4 Å². The molecule has 1 N–H and O–H groups in total. The lowest BCUT2D eigenvalue weighted by atomic mass is 9.90. The van der Waals surface area contributed by atoms with E-state index in [1.807, 2.05) is 0 Å². The van der Waals surface area contributed by atoms with Gasteiger partial charge in [0.05, 0.1) is 5.41 Å². The molecule has 4 nitrogen and oxygen atoms in total. The molecule has 0 bridgehead atoms. The van der Waals surface area contributed by atoms with Crippen LogP contribution in [0.4, 0.5) is 8.78 Å². The van der Waals surface area contributed by atoms with Crippen LogP contribution in [0.5, 0.6) is 0 Å². The van der Waals surface area contributed by atoms with E-state index in [0.717, 1.165) is 6.07 Å². The average Bonchev–Trinajstić information content (AvgIpc) is 3.16.